The van der Waals surface area contributed by atoms with Crippen molar-refractivity contribution in [3.05, 3.63) is 70.2 Å². The minimum atomic E-state index is -0.439. The molecule has 0 fully saturated rings. The van der Waals surface area contributed by atoms with Gasteiger partial charge < -0.3 is 15.4 Å². The fraction of sp³-hybridized carbons (Fsp3) is 0.176. The van der Waals surface area contributed by atoms with E-state index in [0.29, 0.717) is 17.7 Å². The normalized spacial score (nSPS) is 15.9. The average Bonchev–Trinajstić information content (AvgIpc) is 3.11. The number of nitrogens with zero attached hydrogens (tertiary/aromatic N) is 2. The number of esters is 1. The van der Waals surface area contributed by atoms with Gasteiger partial charge >= 0.3 is 5.97 Å². The summed E-state index contributed by atoms with van der Waals surface area (Å²) >= 11 is 0. The maximum Gasteiger partial charge on any atom is 0.335 e. The van der Waals surface area contributed by atoms with E-state index in [1.165, 1.54) is 19.2 Å². The van der Waals surface area contributed by atoms with E-state index in [0.717, 1.165) is 11.4 Å². The summed E-state index contributed by atoms with van der Waals surface area (Å²) < 4.78 is 4.72. The molecule has 1 aromatic carbocycles. The monoisotopic (exact) mass is 340 g/mol. The van der Waals surface area contributed by atoms with E-state index in [-0.39, 0.29) is 17.7 Å². The lowest BCUT2D eigenvalue weighted by molar-refractivity contribution is -0.384. The number of methoxy groups -OCH3 is 1. The standard InChI is InChI=1S/C17H16N4O4/c1-25-17(22)11-7-15(19-10-11)16-9-13(5-6-18-16)20-12-3-2-4-14(8-12)21(23)24/h2-6,8-10,15,19H,7H2,1H3,(H,18,20). The topological polar surface area (TPSA) is 106 Å². The zero-order valence-electron chi connectivity index (χ0n) is 13.4. The summed E-state index contributed by atoms with van der Waals surface area (Å²) in [6.45, 7) is 0. The van der Waals surface area contributed by atoms with Crippen molar-refractivity contribution in [3.8, 4) is 0 Å². The minimum Gasteiger partial charge on any atom is -0.466 e. The van der Waals surface area contributed by atoms with Crippen LogP contribution in [0.3, 0.4) is 0 Å². The third kappa shape index (κ3) is 3.74. The van der Waals surface area contributed by atoms with Crippen LogP contribution < -0.4 is 10.6 Å². The van der Waals surface area contributed by atoms with Gasteiger partial charge in [-0.05, 0) is 18.2 Å². The first-order chi connectivity index (χ1) is 12.1. The Kier molecular flexibility index (Phi) is 4.60. The molecule has 0 radical (unpaired) electrons. The van der Waals surface area contributed by atoms with Crippen LogP contribution in [0.2, 0.25) is 0 Å². The van der Waals surface area contributed by atoms with E-state index in [1.807, 2.05) is 6.07 Å². The van der Waals surface area contributed by atoms with Gasteiger partial charge in [0.15, 0.2) is 0 Å². The average molecular weight is 340 g/mol. The van der Waals surface area contributed by atoms with E-state index in [2.05, 4.69) is 15.6 Å². The fourth-order valence-corrected chi connectivity index (χ4v) is 2.58. The molecule has 2 aromatic rings. The molecule has 1 aromatic heterocycles. The van der Waals surface area contributed by atoms with Gasteiger partial charge in [0.05, 0.1) is 29.3 Å². The summed E-state index contributed by atoms with van der Waals surface area (Å²) in [4.78, 5) is 26.3. The van der Waals surface area contributed by atoms with Crippen LogP contribution in [0.5, 0.6) is 0 Å². The number of nitrogens with one attached hydrogen (secondary N) is 2. The van der Waals surface area contributed by atoms with Crippen LogP contribution >= 0.6 is 0 Å². The predicted molar refractivity (Wildman–Crippen MR) is 91.2 cm³/mol. The largest absolute Gasteiger partial charge is 0.466 e. The van der Waals surface area contributed by atoms with Crippen LogP contribution in [0, 0.1) is 10.1 Å². The zero-order valence-corrected chi connectivity index (χ0v) is 13.4. The smallest absolute Gasteiger partial charge is 0.335 e. The van der Waals surface area contributed by atoms with Gasteiger partial charge in [0.2, 0.25) is 0 Å². The van der Waals surface area contributed by atoms with Gasteiger partial charge in [-0.1, -0.05) is 6.07 Å². The Balaban J connectivity index is 1.74. The van der Waals surface area contributed by atoms with Crippen LogP contribution in [0.1, 0.15) is 18.2 Å². The second-order valence-electron chi connectivity index (χ2n) is 5.49. The van der Waals surface area contributed by atoms with E-state index in [4.69, 9.17) is 4.74 Å². The number of nitro groups is 1. The second kappa shape index (κ2) is 7.00. The second-order valence-corrected chi connectivity index (χ2v) is 5.49. The van der Waals surface area contributed by atoms with Gasteiger partial charge in [-0.3, -0.25) is 15.1 Å². The molecule has 128 valence electrons. The number of hydrogen-bond donors (Lipinski definition) is 2. The van der Waals surface area contributed by atoms with Crippen LogP contribution in [0.4, 0.5) is 17.1 Å². The van der Waals surface area contributed by atoms with Gasteiger partial charge in [-0.25, -0.2) is 4.79 Å². The van der Waals surface area contributed by atoms with Gasteiger partial charge in [-0.2, -0.15) is 0 Å². The first-order valence-corrected chi connectivity index (χ1v) is 7.57. The molecule has 8 nitrogen and oxygen atoms in total. The molecule has 0 spiro atoms. The number of carbonyl (C=O) groups excluding carboxylic acids is 1. The number of benzene rings is 1. The maximum atomic E-state index is 11.6. The molecule has 1 aliphatic rings. The first kappa shape index (κ1) is 16.4. The Morgan fingerprint density at radius 3 is 2.92 bits per heavy atom. The van der Waals surface area contributed by atoms with E-state index < -0.39 is 4.92 Å². The van der Waals surface area contributed by atoms with Gasteiger partial charge in [0.1, 0.15) is 0 Å². The summed E-state index contributed by atoms with van der Waals surface area (Å²) in [5.74, 6) is -0.360. The highest BCUT2D eigenvalue weighted by Crippen LogP contribution is 2.28. The minimum absolute atomic E-state index is 0.0173. The summed E-state index contributed by atoms with van der Waals surface area (Å²) in [6, 6.07) is 9.75. The van der Waals surface area contributed by atoms with Gasteiger partial charge in [0.25, 0.3) is 5.69 Å². The first-order valence-electron chi connectivity index (χ1n) is 7.57. The number of carbonyl (C=O) groups is 1. The molecule has 8 heteroatoms. The lowest BCUT2D eigenvalue weighted by atomic mass is 10.1. The molecular weight excluding hydrogens is 324 g/mol. The summed E-state index contributed by atoms with van der Waals surface area (Å²) in [6.07, 6.45) is 3.77. The molecule has 1 aliphatic heterocycles. The van der Waals surface area contributed by atoms with Crippen molar-refractivity contribution in [1.29, 1.82) is 0 Å². The molecule has 0 bridgehead atoms. The Morgan fingerprint density at radius 2 is 2.16 bits per heavy atom. The molecule has 2 N–H and O–H groups in total. The summed E-state index contributed by atoms with van der Waals surface area (Å²) in [5.41, 5.74) is 2.69. The van der Waals surface area contributed by atoms with Crippen molar-refractivity contribution < 1.29 is 14.5 Å². The molecule has 25 heavy (non-hydrogen) atoms. The lowest BCUT2D eigenvalue weighted by Gasteiger charge is -2.13. The highest BCUT2D eigenvalue weighted by atomic mass is 16.6. The number of rotatable bonds is 5. The molecule has 1 unspecified atom stereocenters. The van der Waals surface area contributed by atoms with E-state index in [1.54, 1.807) is 30.6 Å². The Hall–Kier alpha value is -3.42. The number of aromatic nitrogens is 1. The molecule has 2 heterocycles. The van der Waals surface area contributed by atoms with Gasteiger partial charge in [0, 0.05) is 42.3 Å². The number of ether oxygens (including phenoxy) is 1. The van der Waals surface area contributed by atoms with Crippen LogP contribution in [0.25, 0.3) is 0 Å². The quantitative estimate of drug-likeness (QED) is 0.489. The summed E-state index contributed by atoms with van der Waals surface area (Å²) in [7, 11) is 1.35. The predicted octanol–water partition coefficient (Wildman–Crippen LogP) is 2.82. The highest BCUT2D eigenvalue weighted by Gasteiger charge is 2.24. The van der Waals surface area contributed by atoms with Crippen molar-refractivity contribution >= 4 is 23.0 Å². The molecule has 0 saturated heterocycles. The third-order valence-corrected chi connectivity index (χ3v) is 3.81. The Morgan fingerprint density at radius 1 is 1.36 bits per heavy atom. The van der Waals surface area contributed by atoms with Crippen molar-refractivity contribution in [3.63, 3.8) is 0 Å². The molecule has 1 atom stereocenters. The SMILES string of the molecule is COC(=O)C1=CNC(c2cc(Nc3cccc([N+](=O)[O-])c3)ccn2)C1. The number of anilines is 2. The molecule has 0 aliphatic carbocycles. The van der Waals surface area contributed by atoms with Crippen molar-refractivity contribution in [1.82, 2.24) is 10.3 Å². The van der Waals surface area contributed by atoms with Crippen LogP contribution in [0.15, 0.2) is 54.4 Å². The number of non-ortho nitro benzene ring substituents is 1. The van der Waals surface area contributed by atoms with Crippen LogP contribution in [-0.4, -0.2) is 23.0 Å². The number of nitro benzene ring substituents is 1. The lowest BCUT2D eigenvalue weighted by Crippen LogP contribution is -2.12. The molecule has 3 rings (SSSR count). The van der Waals surface area contributed by atoms with Gasteiger partial charge in [-0.15, -0.1) is 0 Å². The zero-order chi connectivity index (χ0) is 17.8. The van der Waals surface area contributed by atoms with Crippen molar-refractivity contribution in [2.75, 3.05) is 12.4 Å². The summed E-state index contributed by atoms with van der Waals surface area (Å²) in [5, 5.41) is 17.1. The third-order valence-electron chi connectivity index (χ3n) is 3.81. The molecule has 0 amide bonds. The Labute approximate surface area is 143 Å². The number of pyridine rings is 1. The van der Waals surface area contributed by atoms with Crippen molar-refractivity contribution in [2.24, 2.45) is 0 Å². The number of hydrogen-bond acceptors (Lipinski definition) is 7. The highest BCUT2D eigenvalue weighted by molar-refractivity contribution is 5.88. The van der Waals surface area contributed by atoms with E-state index in [9.17, 15) is 14.9 Å². The van der Waals surface area contributed by atoms with E-state index >= 15 is 0 Å². The maximum absolute atomic E-state index is 11.6. The molecular formula is C17H16N4O4. The Bertz CT molecular complexity index is 850. The molecule has 0 saturated carbocycles. The van der Waals surface area contributed by atoms with Crippen molar-refractivity contribution in [2.45, 2.75) is 12.5 Å². The fourth-order valence-electron chi connectivity index (χ4n) is 2.58. The van der Waals surface area contributed by atoms with Crippen LogP contribution in [-0.2, 0) is 9.53 Å².